The van der Waals surface area contributed by atoms with Gasteiger partial charge in [0.05, 0.1) is 16.6 Å². The zero-order valence-corrected chi connectivity index (χ0v) is 11.0. The molecule has 0 aliphatic heterocycles. The first-order valence-electron chi connectivity index (χ1n) is 6.16. The van der Waals surface area contributed by atoms with Crippen molar-refractivity contribution in [3.63, 3.8) is 0 Å². The fourth-order valence-corrected chi connectivity index (χ4v) is 1.77. The number of benzene rings is 2. The lowest BCUT2D eigenvalue weighted by Crippen LogP contribution is -2.10. The maximum atomic E-state index is 10.8. The van der Waals surface area contributed by atoms with Crippen LogP contribution < -0.4 is 4.74 Å². The van der Waals surface area contributed by atoms with E-state index in [1.54, 1.807) is 36.4 Å². The first-order chi connectivity index (χ1) is 10.1. The van der Waals surface area contributed by atoms with Crippen molar-refractivity contribution >= 4 is 5.69 Å². The van der Waals surface area contributed by atoms with E-state index in [9.17, 15) is 15.2 Å². The molecule has 6 heteroatoms. The van der Waals surface area contributed by atoms with Gasteiger partial charge in [-0.15, -0.1) is 0 Å². The smallest absolute Gasteiger partial charge is 0.310 e. The van der Waals surface area contributed by atoms with Crippen LogP contribution in [0.2, 0.25) is 0 Å². The molecule has 2 aromatic carbocycles. The lowest BCUT2D eigenvalue weighted by molar-refractivity contribution is -0.385. The van der Waals surface area contributed by atoms with Gasteiger partial charge in [-0.2, -0.15) is 5.26 Å². The van der Waals surface area contributed by atoms with Crippen LogP contribution in [0.3, 0.4) is 0 Å². The monoisotopic (exact) mass is 284 g/mol. The minimum Gasteiger partial charge on any atom is -0.484 e. The van der Waals surface area contributed by atoms with Gasteiger partial charge in [-0.05, 0) is 23.8 Å². The molecule has 0 saturated heterocycles. The summed E-state index contributed by atoms with van der Waals surface area (Å²) in [5, 5.41) is 29.5. The number of nitriles is 1. The first-order valence-corrected chi connectivity index (χ1v) is 6.16. The highest BCUT2D eigenvalue weighted by atomic mass is 16.6. The topological polar surface area (TPSA) is 96.4 Å². The fraction of sp³-hybridized carbons (Fsp3) is 0.133. The van der Waals surface area contributed by atoms with Gasteiger partial charge in [-0.25, -0.2) is 0 Å². The molecule has 2 aromatic rings. The molecule has 21 heavy (non-hydrogen) atoms. The second-order valence-corrected chi connectivity index (χ2v) is 4.29. The van der Waals surface area contributed by atoms with Gasteiger partial charge in [0.15, 0.2) is 5.75 Å². The van der Waals surface area contributed by atoms with Crippen molar-refractivity contribution in [1.82, 2.24) is 0 Å². The highest BCUT2D eigenvalue weighted by Crippen LogP contribution is 2.27. The Morgan fingerprint density at radius 3 is 2.52 bits per heavy atom. The van der Waals surface area contributed by atoms with Crippen LogP contribution in [0.25, 0.3) is 0 Å². The largest absolute Gasteiger partial charge is 0.484 e. The summed E-state index contributed by atoms with van der Waals surface area (Å²) in [6.07, 6.45) is -0.933. The minimum atomic E-state index is -0.933. The molecule has 1 atom stereocenters. The molecule has 6 nitrogen and oxygen atoms in total. The van der Waals surface area contributed by atoms with Crippen LogP contribution in [0.4, 0.5) is 5.69 Å². The van der Waals surface area contributed by atoms with Crippen LogP contribution in [-0.2, 0) is 0 Å². The van der Waals surface area contributed by atoms with Crippen LogP contribution in [0.5, 0.6) is 5.75 Å². The highest BCUT2D eigenvalue weighted by molar-refractivity contribution is 5.45. The molecule has 0 aliphatic carbocycles. The van der Waals surface area contributed by atoms with E-state index in [0.717, 1.165) is 0 Å². The summed E-state index contributed by atoms with van der Waals surface area (Å²) >= 11 is 0. The molecule has 0 radical (unpaired) electrons. The number of aliphatic hydroxyl groups is 1. The molecule has 0 heterocycles. The molecule has 1 unspecified atom stereocenters. The number of nitro benzene ring substituents is 1. The van der Waals surface area contributed by atoms with Gasteiger partial charge in [-0.1, -0.05) is 24.3 Å². The van der Waals surface area contributed by atoms with Crippen molar-refractivity contribution in [2.24, 2.45) is 0 Å². The molecule has 0 amide bonds. The number of ether oxygens (including phenoxy) is 1. The Labute approximate surface area is 121 Å². The molecule has 0 saturated carbocycles. The lowest BCUT2D eigenvalue weighted by Gasteiger charge is -2.12. The number of nitrogens with zero attached hydrogens (tertiary/aromatic N) is 2. The van der Waals surface area contributed by atoms with Crippen LogP contribution in [0.15, 0.2) is 48.5 Å². The fourth-order valence-electron chi connectivity index (χ4n) is 1.77. The molecule has 0 bridgehead atoms. The Bertz CT molecular complexity index is 677. The predicted octanol–water partition coefficient (Wildman–Crippen LogP) is 2.58. The minimum absolute atomic E-state index is 0.107. The van der Waals surface area contributed by atoms with Crippen molar-refractivity contribution in [1.29, 1.82) is 5.26 Å². The molecule has 1 N–H and O–H groups in total. The van der Waals surface area contributed by atoms with Gasteiger partial charge >= 0.3 is 5.69 Å². The van der Waals surface area contributed by atoms with Crippen LogP contribution >= 0.6 is 0 Å². The summed E-state index contributed by atoms with van der Waals surface area (Å²) in [5.74, 6) is 0.107. The van der Waals surface area contributed by atoms with Crippen molar-refractivity contribution in [2.75, 3.05) is 6.61 Å². The molecule has 2 rings (SSSR count). The molecule has 0 aliphatic rings. The number of hydrogen-bond donors (Lipinski definition) is 1. The zero-order chi connectivity index (χ0) is 15.2. The SMILES string of the molecule is N#Cc1ccc(C(O)COc2ccccc2[N+](=O)[O-])cc1. The molecule has 0 aromatic heterocycles. The van der Waals surface area contributed by atoms with Gasteiger partial charge in [-0.3, -0.25) is 10.1 Å². The van der Waals surface area contributed by atoms with Gasteiger partial charge in [0, 0.05) is 6.07 Å². The van der Waals surface area contributed by atoms with Crippen molar-refractivity contribution in [2.45, 2.75) is 6.10 Å². The summed E-state index contributed by atoms with van der Waals surface area (Å²) in [5.41, 5.74) is 0.919. The number of hydrogen-bond acceptors (Lipinski definition) is 5. The zero-order valence-electron chi connectivity index (χ0n) is 11.0. The van der Waals surface area contributed by atoms with Crippen molar-refractivity contribution in [3.05, 3.63) is 69.8 Å². The Balaban J connectivity index is 2.05. The highest BCUT2D eigenvalue weighted by Gasteiger charge is 2.16. The van der Waals surface area contributed by atoms with E-state index in [-0.39, 0.29) is 18.0 Å². The number of rotatable bonds is 5. The summed E-state index contributed by atoms with van der Waals surface area (Å²) in [6.45, 7) is -0.114. The maximum absolute atomic E-state index is 10.8. The summed E-state index contributed by atoms with van der Waals surface area (Å²) < 4.78 is 5.31. The quantitative estimate of drug-likeness (QED) is 0.672. The second-order valence-electron chi connectivity index (χ2n) is 4.29. The van der Waals surface area contributed by atoms with E-state index in [1.807, 2.05) is 6.07 Å². The third kappa shape index (κ3) is 3.55. The normalized spacial score (nSPS) is 11.4. The van der Waals surface area contributed by atoms with Crippen molar-refractivity contribution in [3.8, 4) is 11.8 Å². The molecule has 106 valence electrons. The van der Waals surface area contributed by atoms with E-state index >= 15 is 0 Å². The summed E-state index contributed by atoms with van der Waals surface area (Å²) in [4.78, 5) is 10.3. The summed E-state index contributed by atoms with van der Waals surface area (Å²) in [7, 11) is 0. The molecular formula is C15H12N2O4. The standard InChI is InChI=1S/C15H12N2O4/c16-9-11-5-7-12(8-6-11)14(18)10-21-15-4-2-1-3-13(15)17(19)20/h1-8,14,18H,10H2. The van der Waals surface area contributed by atoms with E-state index in [2.05, 4.69) is 0 Å². The molecule has 0 fully saturated rings. The van der Waals surface area contributed by atoms with Crippen LogP contribution in [0.1, 0.15) is 17.2 Å². The Hall–Kier alpha value is -2.91. The number of para-hydroxylation sites is 2. The van der Waals surface area contributed by atoms with E-state index in [0.29, 0.717) is 11.1 Å². The van der Waals surface area contributed by atoms with Crippen LogP contribution in [-0.4, -0.2) is 16.6 Å². The van der Waals surface area contributed by atoms with Gasteiger partial charge in [0.2, 0.25) is 0 Å². The van der Waals surface area contributed by atoms with Crippen molar-refractivity contribution < 1.29 is 14.8 Å². The van der Waals surface area contributed by atoms with Gasteiger partial charge in [0.25, 0.3) is 0 Å². The third-order valence-electron chi connectivity index (χ3n) is 2.88. The average Bonchev–Trinajstić information content (AvgIpc) is 2.52. The number of aliphatic hydroxyl groups excluding tert-OH is 1. The Kier molecular flexibility index (Phi) is 4.49. The van der Waals surface area contributed by atoms with E-state index in [1.165, 1.54) is 12.1 Å². The first kappa shape index (κ1) is 14.5. The van der Waals surface area contributed by atoms with Gasteiger partial charge in [0.1, 0.15) is 12.7 Å². The van der Waals surface area contributed by atoms with Crippen LogP contribution in [0, 0.1) is 21.4 Å². The summed E-state index contributed by atoms with van der Waals surface area (Å²) in [6, 6.07) is 14.4. The maximum Gasteiger partial charge on any atom is 0.310 e. The van der Waals surface area contributed by atoms with E-state index in [4.69, 9.17) is 10.00 Å². The second kappa shape index (κ2) is 6.50. The predicted molar refractivity (Wildman–Crippen MR) is 74.7 cm³/mol. The Morgan fingerprint density at radius 2 is 1.90 bits per heavy atom. The number of nitro groups is 1. The van der Waals surface area contributed by atoms with E-state index < -0.39 is 11.0 Å². The molecular weight excluding hydrogens is 272 g/mol. The average molecular weight is 284 g/mol. The lowest BCUT2D eigenvalue weighted by atomic mass is 10.1. The molecule has 0 spiro atoms. The Morgan fingerprint density at radius 1 is 1.24 bits per heavy atom. The third-order valence-corrected chi connectivity index (χ3v) is 2.88. The van der Waals surface area contributed by atoms with Gasteiger partial charge < -0.3 is 9.84 Å².